The standard InChI is InChI=1S/C57H96O6/c1-4-7-10-13-16-19-22-25-27-28-30-32-35-38-41-44-47-50-56(59)62-53-54(52-61-55(58)49-46-43-40-37-34-31-24-21-18-15-12-9-6-3)63-57(60)51-48-45-42-39-36-33-29-26-23-20-17-14-11-8-5-2/h8-9,11-12,14-15,17-18,20-21,23-24,31,34,54H,4-7,10,13,16,19,22,25-30,32-33,35-53H2,1-3H3/b11-8+,12-9+,17-14+,18-15+,23-20+,24-21+,34-31+. The van der Waals surface area contributed by atoms with Crippen molar-refractivity contribution >= 4 is 17.9 Å². The van der Waals surface area contributed by atoms with Crippen molar-refractivity contribution < 1.29 is 28.6 Å². The first-order valence-electron chi connectivity index (χ1n) is 26.2. The van der Waals surface area contributed by atoms with Crippen molar-refractivity contribution in [2.75, 3.05) is 13.2 Å². The van der Waals surface area contributed by atoms with E-state index in [1.165, 1.54) is 109 Å². The van der Waals surface area contributed by atoms with Crippen molar-refractivity contribution in [2.45, 2.75) is 245 Å². The van der Waals surface area contributed by atoms with Gasteiger partial charge < -0.3 is 14.2 Å². The van der Waals surface area contributed by atoms with Crippen LogP contribution in [0.4, 0.5) is 0 Å². The molecule has 0 amide bonds. The summed E-state index contributed by atoms with van der Waals surface area (Å²) in [5, 5.41) is 0. The molecular formula is C57H96O6. The van der Waals surface area contributed by atoms with Gasteiger partial charge in [-0.1, -0.05) is 247 Å². The Kier molecular flexibility index (Phi) is 48.5. The van der Waals surface area contributed by atoms with E-state index in [-0.39, 0.29) is 31.1 Å². The molecular weight excluding hydrogens is 781 g/mol. The summed E-state index contributed by atoms with van der Waals surface area (Å²) < 4.78 is 16.8. The largest absolute Gasteiger partial charge is 0.462 e. The van der Waals surface area contributed by atoms with Crippen LogP contribution >= 0.6 is 0 Å². The summed E-state index contributed by atoms with van der Waals surface area (Å²) in [6.45, 7) is 6.33. The van der Waals surface area contributed by atoms with Gasteiger partial charge in [0.25, 0.3) is 0 Å². The maximum atomic E-state index is 12.8. The fourth-order valence-corrected chi connectivity index (χ4v) is 7.16. The first-order chi connectivity index (χ1) is 31.0. The molecule has 1 atom stereocenters. The van der Waals surface area contributed by atoms with E-state index in [9.17, 15) is 14.4 Å². The second-order valence-corrected chi connectivity index (χ2v) is 17.2. The molecule has 0 aromatic rings. The van der Waals surface area contributed by atoms with E-state index in [2.05, 4.69) is 69.4 Å². The first kappa shape index (κ1) is 59.6. The molecule has 0 aliphatic carbocycles. The van der Waals surface area contributed by atoms with Gasteiger partial charge in [0, 0.05) is 19.3 Å². The molecule has 6 nitrogen and oxygen atoms in total. The smallest absolute Gasteiger partial charge is 0.306 e. The van der Waals surface area contributed by atoms with Gasteiger partial charge in [0.15, 0.2) is 6.10 Å². The summed E-state index contributed by atoms with van der Waals surface area (Å²) in [7, 11) is 0. The summed E-state index contributed by atoms with van der Waals surface area (Å²) in [4.78, 5) is 38.0. The van der Waals surface area contributed by atoms with Gasteiger partial charge in [0.2, 0.25) is 0 Å². The van der Waals surface area contributed by atoms with E-state index >= 15 is 0 Å². The zero-order valence-electron chi connectivity index (χ0n) is 41.1. The summed E-state index contributed by atoms with van der Waals surface area (Å²) in [6, 6.07) is 0. The van der Waals surface area contributed by atoms with Crippen molar-refractivity contribution in [1.82, 2.24) is 0 Å². The van der Waals surface area contributed by atoms with Crippen molar-refractivity contribution in [3.63, 3.8) is 0 Å². The molecule has 0 saturated carbocycles. The zero-order chi connectivity index (χ0) is 45.8. The minimum absolute atomic E-state index is 0.0930. The SMILES string of the molecule is CC/C=C/C=C/C=C/C=C/CCCCCC(=O)OCC(COC(=O)CCCCCCCCCCCCCCCCCCC)OC(=O)CCCCCCCCC/C=C/C=C/C=C/CC. The number of hydrogen-bond acceptors (Lipinski definition) is 6. The molecule has 0 aromatic carbocycles. The lowest BCUT2D eigenvalue weighted by Gasteiger charge is -2.18. The molecule has 0 rings (SSSR count). The van der Waals surface area contributed by atoms with E-state index < -0.39 is 6.10 Å². The Morgan fingerprint density at radius 1 is 0.333 bits per heavy atom. The molecule has 0 fully saturated rings. The highest BCUT2D eigenvalue weighted by molar-refractivity contribution is 5.71. The van der Waals surface area contributed by atoms with Crippen LogP contribution in [-0.2, 0) is 28.6 Å². The Bertz CT molecular complexity index is 1240. The fraction of sp³-hybridized carbons (Fsp3) is 0.702. The van der Waals surface area contributed by atoms with Crippen molar-refractivity contribution in [3.05, 3.63) is 85.1 Å². The predicted molar refractivity (Wildman–Crippen MR) is 270 cm³/mol. The molecule has 0 heterocycles. The van der Waals surface area contributed by atoms with Crippen molar-refractivity contribution in [2.24, 2.45) is 0 Å². The number of carbonyl (C=O) groups is 3. The lowest BCUT2D eigenvalue weighted by atomic mass is 10.0. The molecule has 0 N–H and O–H groups in total. The number of esters is 3. The maximum Gasteiger partial charge on any atom is 0.306 e. The second kappa shape index (κ2) is 51.2. The van der Waals surface area contributed by atoms with Gasteiger partial charge in [0.05, 0.1) is 0 Å². The molecule has 0 bridgehead atoms. The van der Waals surface area contributed by atoms with E-state index in [0.29, 0.717) is 19.3 Å². The Morgan fingerprint density at radius 3 is 0.984 bits per heavy atom. The lowest BCUT2D eigenvalue weighted by Crippen LogP contribution is -2.30. The topological polar surface area (TPSA) is 78.9 Å². The number of rotatable bonds is 46. The number of carbonyl (C=O) groups excluding carboxylic acids is 3. The van der Waals surface area contributed by atoms with E-state index in [4.69, 9.17) is 14.2 Å². The average Bonchev–Trinajstić information content (AvgIpc) is 3.28. The fourth-order valence-electron chi connectivity index (χ4n) is 7.16. The molecule has 0 aromatic heterocycles. The highest BCUT2D eigenvalue weighted by atomic mass is 16.6. The van der Waals surface area contributed by atoms with Crippen molar-refractivity contribution in [1.29, 1.82) is 0 Å². The first-order valence-corrected chi connectivity index (χ1v) is 26.2. The highest BCUT2D eigenvalue weighted by Gasteiger charge is 2.19. The molecule has 0 aliphatic rings. The van der Waals surface area contributed by atoms with E-state index in [0.717, 1.165) is 89.9 Å². The van der Waals surface area contributed by atoms with Crippen LogP contribution in [0.1, 0.15) is 239 Å². The maximum absolute atomic E-state index is 12.8. The quantitative estimate of drug-likeness (QED) is 0.0262. The Labute approximate surface area is 388 Å². The van der Waals surface area contributed by atoms with Crippen LogP contribution in [0, 0.1) is 0 Å². The van der Waals surface area contributed by atoms with Gasteiger partial charge in [0.1, 0.15) is 13.2 Å². The van der Waals surface area contributed by atoms with E-state index in [1.54, 1.807) is 0 Å². The molecule has 6 heteroatoms. The number of ether oxygens (including phenoxy) is 3. The number of hydrogen-bond donors (Lipinski definition) is 0. The van der Waals surface area contributed by atoms with Crippen LogP contribution in [0.5, 0.6) is 0 Å². The van der Waals surface area contributed by atoms with Crippen LogP contribution in [0.3, 0.4) is 0 Å². The average molecular weight is 877 g/mol. The summed E-state index contributed by atoms with van der Waals surface area (Å²) in [6.07, 6.45) is 65.7. The third-order valence-corrected chi connectivity index (χ3v) is 11.1. The summed E-state index contributed by atoms with van der Waals surface area (Å²) in [5.74, 6) is -0.944. The van der Waals surface area contributed by atoms with Gasteiger partial charge in [-0.3, -0.25) is 14.4 Å². The molecule has 0 saturated heterocycles. The van der Waals surface area contributed by atoms with Crippen LogP contribution in [-0.4, -0.2) is 37.2 Å². The Balaban J connectivity index is 4.42. The minimum atomic E-state index is -0.797. The monoisotopic (exact) mass is 877 g/mol. The molecule has 63 heavy (non-hydrogen) atoms. The van der Waals surface area contributed by atoms with Crippen LogP contribution in [0.2, 0.25) is 0 Å². The molecule has 0 spiro atoms. The van der Waals surface area contributed by atoms with E-state index in [1.807, 2.05) is 36.5 Å². The normalized spacial score (nSPS) is 12.7. The Hall–Kier alpha value is -3.41. The molecule has 0 aliphatic heterocycles. The predicted octanol–water partition coefficient (Wildman–Crippen LogP) is 17.2. The third-order valence-electron chi connectivity index (χ3n) is 11.1. The lowest BCUT2D eigenvalue weighted by molar-refractivity contribution is -0.167. The minimum Gasteiger partial charge on any atom is -0.462 e. The van der Waals surface area contributed by atoms with Gasteiger partial charge in [-0.15, -0.1) is 0 Å². The molecule has 0 radical (unpaired) electrons. The van der Waals surface area contributed by atoms with Crippen molar-refractivity contribution in [3.8, 4) is 0 Å². The Morgan fingerprint density at radius 2 is 0.619 bits per heavy atom. The second-order valence-electron chi connectivity index (χ2n) is 17.2. The third kappa shape index (κ3) is 49.5. The summed E-state index contributed by atoms with van der Waals surface area (Å²) in [5.41, 5.74) is 0. The number of allylic oxidation sites excluding steroid dienone is 14. The van der Waals surface area contributed by atoms with Crippen LogP contribution < -0.4 is 0 Å². The van der Waals surface area contributed by atoms with Gasteiger partial charge in [-0.25, -0.2) is 0 Å². The van der Waals surface area contributed by atoms with Gasteiger partial charge in [-0.05, 0) is 57.8 Å². The number of unbranched alkanes of at least 4 members (excludes halogenated alkanes) is 26. The van der Waals surface area contributed by atoms with Crippen LogP contribution in [0.15, 0.2) is 85.1 Å². The summed E-state index contributed by atoms with van der Waals surface area (Å²) >= 11 is 0. The zero-order valence-corrected chi connectivity index (χ0v) is 41.1. The van der Waals surface area contributed by atoms with Gasteiger partial charge >= 0.3 is 17.9 Å². The molecule has 360 valence electrons. The van der Waals surface area contributed by atoms with Crippen LogP contribution in [0.25, 0.3) is 0 Å². The molecule has 1 unspecified atom stereocenters. The highest BCUT2D eigenvalue weighted by Crippen LogP contribution is 2.16. The van der Waals surface area contributed by atoms with Gasteiger partial charge in [-0.2, -0.15) is 0 Å².